The molecule has 2 aromatic carbocycles. The molecule has 0 amide bonds. The van der Waals surface area contributed by atoms with Crippen LogP contribution in [0.3, 0.4) is 0 Å². The number of pyridine rings is 2. The Labute approximate surface area is 238 Å². The van der Waals surface area contributed by atoms with Crippen LogP contribution in [0, 0.1) is 6.92 Å². The molecule has 1 aliphatic rings. The first kappa shape index (κ1) is 26.2. The van der Waals surface area contributed by atoms with Crippen LogP contribution < -0.4 is 16.2 Å². The smallest absolute Gasteiger partial charge is 0.260 e. The first-order chi connectivity index (χ1) is 19.5. The van der Waals surface area contributed by atoms with Crippen molar-refractivity contribution in [1.82, 2.24) is 24.8 Å². The maximum absolute atomic E-state index is 13.6. The second kappa shape index (κ2) is 11.2. The molecule has 0 aliphatic carbocycles. The molecule has 7 nitrogen and oxygen atoms in total. The molecule has 0 spiro atoms. The first-order valence-corrected chi connectivity index (χ1v) is 14.1. The van der Waals surface area contributed by atoms with E-state index in [1.807, 2.05) is 56.4 Å². The van der Waals surface area contributed by atoms with E-state index in [4.69, 9.17) is 16.6 Å². The van der Waals surface area contributed by atoms with Gasteiger partial charge in [-0.2, -0.15) is 4.98 Å². The zero-order valence-electron chi connectivity index (χ0n) is 22.6. The molecular formula is C32H31ClN6O. The lowest BCUT2D eigenvalue weighted by atomic mass is 9.90. The van der Waals surface area contributed by atoms with Crippen LogP contribution in [0.25, 0.3) is 33.3 Å². The van der Waals surface area contributed by atoms with E-state index in [0.29, 0.717) is 40.2 Å². The van der Waals surface area contributed by atoms with Gasteiger partial charge in [0, 0.05) is 57.4 Å². The highest BCUT2D eigenvalue weighted by molar-refractivity contribution is 6.33. The minimum absolute atomic E-state index is 0.141. The third kappa shape index (κ3) is 5.22. The molecule has 0 bridgehead atoms. The first-order valence-electron chi connectivity index (χ1n) is 13.7. The standard InChI is InChI=1S/C32H31ClN6O/c1-3-39-30-25(19-36-32(38-30)37-26-9-6-21(7-10-26)22-12-14-34-15-13-22)16-28(31(39)40)27-11-8-23(17-29(27)33)24-5-4-20(2)35-18-24/h4-11,16-19,22,34H,3,12-15H2,1-2H3,(H,36,37,38). The molecule has 2 N–H and O–H groups in total. The number of benzene rings is 2. The van der Waals surface area contributed by atoms with Crippen molar-refractivity contribution in [2.45, 2.75) is 39.2 Å². The SMILES string of the molecule is CCn1c(=O)c(-c2ccc(-c3ccc(C)nc3)cc2Cl)cc2cnc(Nc3ccc(C4CCNCC4)cc3)nc21. The largest absolute Gasteiger partial charge is 0.324 e. The maximum Gasteiger partial charge on any atom is 0.260 e. The van der Waals surface area contributed by atoms with E-state index in [-0.39, 0.29) is 5.56 Å². The van der Waals surface area contributed by atoms with Crippen molar-refractivity contribution in [2.24, 2.45) is 0 Å². The highest BCUT2D eigenvalue weighted by Crippen LogP contribution is 2.32. The summed E-state index contributed by atoms with van der Waals surface area (Å²) < 4.78 is 1.67. The van der Waals surface area contributed by atoms with Gasteiger partial charge in [-0.3, -0.25) is 14.3 Å². The predicted molar refractivity (Wildman–Crippen MR) is 162 cm³/mol. The third-order valence-electron chi connectivity index (χ3n) is 7.62. The number of rotatable bonds is 6. The van der Waals surface area contributed by atoms with Crippen LogP contribution in [-0.2, 0) is 6.54 Å². The number of nitrogens with one attached hydrogen (secondary N) is 2. The van der Waals surface area contributed by atoms with Crippen molar-refractivity contribution in [3.8, 4) is 22.3 Å². The average Bonchev–Trinajstić information content (AvgIpc) is 2.98. The molecule has 4 heterocycles. The van der Waals surface area contributed by atoms with Crippen molar-refractivity contribution < 1.29 is 0 Å². The van der Waals surface area contributed by atoms with Gasteiger partial charge in [0.25, 0.3) is 5.56 Å². The molecule has 0 atom stereocenters. The molecule has 3 aromatic heterocycles. The fourth-order valence-electron chi connectivity index (χ4n) is 5.38. The van der Waals surface area contributed by atoms with E-state index >= 15 is 0 Å². The van der Waals surface area contributed by atoms with E-state index in [1.54, 1.807) is 10.8 Å². The molecule has 6 rings (SSSR count). The normalized spacial score (nSPS) is 14.0. The van der Waals surface area contributed by atoms with Crippen LogP contribution in [-0.4, -0.2) is 32.6 Å². The topological polar surface area (TPSA) is 84.7 Å². The highest BCUT2D eigenvalue weighted by Gasteiger charge is 2.17. The summed E-state index contributed by atoms with van der Waals surface area (Å²) in [6.07, 6.45) is 5.91. The van der Waals surface area contributed by atoms with Crippen LogP contribution in [0.2, 0.25) is 5.02 Å². The number of hydrogen-bond donors (Lipinski definition) is 2. The van der Waals surface area contributed by atoms with Gasteiger partial charge in [-0.15, -0.1) is 0 Å². The van der Waals surface area contributed by atoms with Gasteiger partial charge in [0.05, 0.1) is 0 Å². The number of fused-ring (bicyclic) bond motifs is 1. The van der Waals surface area contributed by atoms with E-state index in [0.717, 1.165) is 53.8 Å². The molecule has 0 saturated carbocycles. The Balaban J connectivity index is 1.30. The van der Waals surface area contributed by atoms with E-state index in [9.17, 15) is 4.79 Å². The predicted octanol–water partition coefficient (Wildman–Crippen LogP) is 6.71. The molecule has 1 saturated heterocycles. The van der Waals surface area contributed by atoms with Gasteiger partial charge in [0.1, 0.15) is 5.65 Å². The summed E-state index contributed by atoms with van der Waals surface area (Å²) in [5, 5.41) is 7.99. The summed E-state index contributed by atoms with van der Waals surface area (Å²) in [5.41, 5.74) is 6.78. The fourth-order valence-corrected chi connectivity index (χ4v) is 5.66. The molecule has 1 fully saturated rings. The van der Waals surface area contributed by atoms with Crippen molar-refractivity contribution in [3.63, 3.8) is 0 Å². The quantitative estimate of drug-likeness (QED) is 0.244. The van der Waals surface area contributed by atoms with Crippen molar-refractivity contribution in [1.29, 1.82) is 0 Å². The molecular weight excluding hydrogens is 520 g/mol. The average molecular weight is 551 g/mol. The van der Waals surface area contributed by atoms with Crippen molar-refractivity contribution in [3.05, 3.63) is 99.7 Å². The summed E-state index contributed by atoms with van der Waals surface area (Å²) in [6, 6.07) is 20.0. The van der Waals surface area contributed by atoms with Crippen LogP contribution in [0.1, 0.15) is 36.9 Å². The fraction of sp³-hybridized carbons (Fsp3) is 0.250. The maximum atomic E-state index is 13.6. The monoisotopic (exact) mass is 550 g/mol. The minimum Gasteiger partial charge on any atom is -0.324 e. The minimum atomic E-state index is -0.141. The number of halogens is 1. The summed E-state index contributed by atoms with van der Waals surface area (Å²) in [5.74, 6) is 1.05. The number of nitrogens with zero attached hydrogens (tertiary/aromatic N) is 4. The lowest BCUT2D eigenvalue weighted by Crippen LogP contribution is -2.26. The lowest BCUT2D eigenvalue weighted by Gasteiger charge is -2.23. The van der Waals surface area contributed by atoms with Gasteiger partial charge < -0.3 is 10.6 Å². The highest BCUT2D eigenvalue weighted by atomic mass is 35.5. The summed E-state index contributed by atoms with van der Waals surface area (Å²) in [7, 11) is 0. The Morgan fingerprint density at radius 3 is 2.42 bits per heavy atom. The van der Waals surface area contributed by atoms with E-state index in [1.165, 1.54) is 5.56 Å². The van der Waals surface area contributed by atoms with Gasteiger partial charge in [-0.1, -0.05) is 41.9 Å². The van der Waals surface area contributed by atoms with Crippen molar-refractivity contribution >= 4 is 34.3 Å². The zero-order valence-corrected chi connectivity index (χ0v) is 23.4. The lowest BCUT2D eigenvalue weighted by molar-refractivity contribution is 0.460. The summed E-state index contributed by atoms with van der Waals surface area (Å²) in [4.78, 5) is 27.3. The Kier molecular flexibility index (Phi) is 7.32. The molecule has 1 aliphatic heterocycles. The van der Waals surface area contributed by atoms with E-state index < -0.39 is 0 Å². The molecule has 5 aromatic rings. The van der Waals surface area contributed by atoms with E-state index in [2.05, 4.69) is 44.9 Å². The zero-order chi connectivity index (χ0) is 27.6. The van der Waals surface area contributed by atoms with Crippen LogP contribution in [0.5, 0.6) is 0 Å². The number of aromatic nitrogens is 4. The van der Waals surface area contributed by atoms with Crippen molar-refractivity contribution in [2.75, 3.05) is 18.4 Å². The molecule has 40 heavy (non-hydrogen) atoms. The molecule has 8 heteroatoms. The molecule has 0 radical (unpaired) electrons. The van der Waals surface area contributed by atoms with Crippen LogP contribution in [0.4, 0.5) is 11.6 Å². The van der Waals surface area contributed by atoms with Crippen LogP contribution >= 0.6 is 11.6 Å². The molecule has 0 unspecified atom stereocenters. The van der Waals surface area contributed by atoms with Gasteiger partial charge in [-0.05, 0) is 87.2 Å². The number of hydrogen-bond acceptors (Lipinski definition) is 6. The number of piperidine rings is 1. The van der Waals surface area contributed by atoms with Gasteiger partial charge in [-0.25, -0.2) is 4.98 Å². The summed E-state index contributed by atoms with van der Waals surface area (Å²) >= 11 is 6.73. The number of anilines is 2. The van der Waals surface area contributed by atoms with Gasteiger partial charge >= 0.3 is 0 Å². The Bertz CT molecular complexity index is 1720. The summed E-state index contributed by atoms with van der Waals surface area (Å²) in [6.45, 7) is 6.50. The Morgan fingerprint density at radius 2 is 1.73 bits per heavy atom. The Hall–Kier alpha value is -4.07. The van der Waals surface area contributed by atoms with Crippen LogP contribution in [0.15, 0.2) is 77.9 Å². The Morgan fingerprint density at radius 1 is 0.950 bits per heavy atom. The number of aryl methyl sites for hydroxylation is 2. The molecule has 202 valence electrons. The van der Waals surface area contributed by atoms with Gasteiger partial charge in [0.2, 0.25) is 5.95 Å². The second-order valence-electron chi connectivity index (χ2n) is 10.2. The van der Waals surface area contributed by atoms with Gasteiger partial charge in [0.15, 0.2) is 0 Å². The third-order valence-corrected chi connectivity index (χ3v) is 7.94. The second-order valence-corrected chi connectivity index (χ2v) is 10.6.